The lowest BCUT2D eigenvalue weighted by Gasteiger charge is -2.19. The Balaban J connectivity index is 1.50. The fraction of sp³-hybridized carbons (Fsp3) is 0.0952. The van der Waals surface area contributed by atoms with Gasteiger partial charge in [0.15, 0.2) is 0 Å². The summed E-state index contributed by atoms with van der Waals surface area (Å²) in [6.07, 6.45) is 0.534. The molecule has 1 heterocycles. The molecule has 0 bridgehead atoms. The van der Waals surface area contributed by atoms with E-state index in [1.165, 1.54) is 16.4 Å². The molecule has 0 unspecified atom stereocenters. The normalized spacial score (nSPS) is 13.1. The molecule has 9 heteroatoms. The third-order valence-corrected chi connectivity index (χ3v) is 6.82. The molecule has 1 aliphatic rings. The maximum atomic E-state index is 13.2. The van der Waals surface area contributed by atoms with Gasteiger partial charge in [-0.25, -0.2) is 17.6 Å². The van der Waals surface area contributed by atoms with Gasteiger partial charge in [-0.3, -0.25) is 4.31 Å². The van der Waals surface area contributed by atoms with Crippen LogP contribution in [-0.2, 0) is 16.4 Å². The highest BCUT2D eigenvalue weighted by Gasteiger charge is 2.30. The summed E-state index contributed by atoms with van der Waals surface area (Å²) in [7, 11) is -3.65. The van der Waals surface area contributed by atoms with Crippen molar-refractivity contribution in [3.63, 3.8) is 0 Å². The average molecular weight is 446 g/mol. The Bertz CT molecular complexity index is 1220. The van der Waals surface area contributed by atoms with E-state index in [9.17, 15) is 17.6 Å². The molecule has 6 nitrogen and oxygen atoms in total. The topological polar surface area (TPSA) is 78.5 Å². The van der Waals surface area contributed by atoms with Crippen LogP contribution in [0.25, 0.3) is 0 Å². The summed E-state index contributed by atoms with van der Waals surface area (Å²) in [6.45, 7) is 0.330. The van der Waals surface area contributed by atoms with Crippen LogP contribution in [0.15, 0.2) is 71.6 Å². The van der Waals surface area contributed by atoms with Crippen LogP contribution in [0.2, 0.25) is 5.02 Å². The number of sulfonamides is 1. The van der Waals surface area contributed by atoms with E-state index in [-0.39, 0.29) is 9.92 Å². The zero-order chi connectivity index (χ0) is 21.3. The van der Waals surface area contributed by atoms with E-state index < -0.39 is 21.9 Å². The number of anilines is 3. The number of hydrogen-bond donors (Lipinski definition) is 2. The van der Waals surface area contributed by atoms with Gasteiger partial charge in [-0.05, 0) is 60.5 Å². The summed E-state index contributed by atoms with van der Waals surface area (Å²) < 4.78 is 40.5. The molecule has 4 rings (SSSR count). The Labute approximate surface area is 178 Å². The lowest BCUT2D eigenvalue weighted by molar-refractivity contribution is 0.262. The predicted octanol–water partition coefficient (Wildman–Crippen LogP) is 4.87. The summed E-state index contributed by atoms with van der Waals surface area (Å²) in [5.74, 6) is -0.573. The second kappa shape index (κ2) is 7.97. The minimum Gasteiger partial charge on any atom is -0.308 e. The van der Waals surface area contributed by atoms with Crippen LogP contribution in [0.5, 0.6) is 0 Å². The van der Waals surface area contributed by atoms with Crippen molar-refractivity contribution in [2.45, 2.75) is 11.3 Å². The summed E-state index contributed by atoms with van der Waals surface area (Å²) >= 11 is 5.72. The number of carbonyl (C=O) groups excluding carboxylic acids is 1. The largest absolute Gasteiger partial charge is 0.323 e. The molecule has 154 valence electrons. The molecule has 0 saturated heterocycles. The number of hydrogen-bond acceptors (Lipinski definition) is 3. The predicted molar refractivity (Wildman–Crippen MR) is 115 cm³/mol. The smallest absolute Gasteiger partial charge is 0.308 e. The summed E-state index contributed by atoms with van der Waals surface area (Å²) in [4.78, 5) is 12.5. The van der Waals surface area contributed by atoms with E-state index >= 15 is 0 Å². The number of benzene rings is 3. The molecule has 0 fully saturated rings. The zero-order valence-electron chi connectivity index (χ0n) is 15.6. The highest BCUT2D eigenvalue weighted by atomic mass is 35.5. The molecule has 2 amide bonds. The molecule has 0 radical (unpaired) electrons. The van der Waals surface area contributed by atoms with Crippen molar-refractivity contribution in [1.82, 2.24) is 0 Å². The SMILES string of the molecule is O=C(Nc1ccc(F)c(Cl)c1)Nc1ccc2c(c1)CCN2S(=O)(=O)c1ccccc1. The fourth-order valence-electron chi connectivity index (χ4n) is 3.29. The van der Waals surface area contributed by atoms with Crippen LogP contribution in [0.1, 0.15) is 5.56 Å². The average Bonchev–Trinajstić information content (AvgIpc) is 3.15. The highest BCUT2D eigenvalue weighted by Crippen LogP contribution is 2.34. The molecule has 3 aromatic rings. The maximum absolute atomic E-state index is 13.2. The van der Waals surface area contributed by atoms with Crippen LogP contribution in [0, 0.1) is 5.82 Å². The lowest BCUT2D eigenvalue weighted by atomic mass is 10.1. The first-order valence-corrected chi connectivity index (χ1v) is 10.9. The number of rotatable bonds is 4. The van der Waals surface area contributed by atoms with Gasteiger partial charge in [0.25, 0.3) is 10.0 Å². The molecule has 1 aliphatic heterocycles. The van der Waals surface area contributed by atoms with Gasteiger partial charge in [0.2, 0.25) is 0 Å². The van der Waals surface area contributed by atoms with Gasteiger partial charge < -0.3 is 10.6 Å². The van der Waals surface area contributed by atoms with Gasteiger partial charge in [0, 0.05) is 17.9 Å². The van der Waals surface area contributed by atoms with Gasteiger partial charge >= 0.3 is 6.03 Å². The lowest BCUT2D eigenvalue weighted by Crippen LogP contribution is -2.29. The number of halogens is 2. The number of fused-ring (bicyclic) bond motifs is 1. The molecular weight excluding hydrogens is 429 g/mol. The first kappa shape index (κ1) is 20.2. The summed E-state index contributed by atoms with van der Waals surface area (Å²) in [5, 5.41) is 5.17. The van der Waals surface area contributed by atoms with Crippen LogP contribution in [-0.4, -0.2) is 21.0 Å². The van der Waals surface area contributed by atoms with Crippen molar-refractivity contribution < 1.29 is 17.6 Å². The first-order valence-electron chi connectivity index (χ1n) is 9.08. The van der Waals surface area contributed by atoms with Crippen molar-refractivity contribution in [2.75, 3.05) is 21.5 Å². The first-order chi connectivity index (χ1) is 14.3. The van der Waals surface area contributed by atoms with Gasteiger partial charge in [-0.15, -0.1) is 0 Å². The number of nitrogens with one attached hydrogen (secondary N) is 2. The van der Waals surface area contributed by atoms with Gasteiger partial charge in [-0.1, -0.05) is 29.8 Å². The Morgan fingerprint density at radius 1 is 0.967 bits per heavy atom. The van der Waals surface area contributed by atoms with Gasteiger partial charge in [-0.2, -0.15) is 0 Å². The fourth-order valence-corrected chi connectivity index (χ4v) is 4.99. The van der Waals surface area contributed by atoms with Crippen LogP contribution in [0.3, 0.4) is 0 Å². The Hall–Kier alpha value is -3.10. The van der Waals surface area contributed by atoms with E-state index in [0.29, 0.717) is 30.0 Å². The molecule has 0 aliphatic carbocycles. The second-order valence-corrected chi connectivity index (χ2v) is 8.96. The zero-order valence-corrected chi connectivity index (χ0v) is 17.2. The van der Waals surface area contributed by atoms with E-state index in [1.807, 2.05) is 0 Å². The van der Waals surface area contributed by atoms with Crippen molar-refractivity contribution in [3.05, 3.63) is 83.1 Å². The molecule has 0 spiro atoms. The Kier molecular flexibility index (Phi) is 5.36. The van der Waals surface area contributed by atoms with E-state index in [2.05, 4.69) is 10.6 Å². The van der Waals surface area contributed by atoms with Crippen molar-refractivity contribution >= 4 is 44.7 Å². The van der Waals surface area contributed by atoms with Crippen molar-refractivity contribution in [1.29, 1.82) is 0 Å². The molecule has 30 heavy (non-hydrogen) atoms. The second-order valence-electron chi connectivity index (χ2n) is 6.69. The van der Waals surface area contributed by atoms with Crippen LogP contribution in [0.4, 0.5) is 26.2 Å². The van der Waals surface area contributed by atoms with E-state index in [1.54, 1.807) is 48.5 Å². The van der Waals surface area contributed by atoms with E-state index in [0.717, 1.165) is 11.6 Å². The maximum Gasteiger partial charge on any atom is 0.323 e. The highest BCUT2D eigenvalue weighted by molar-refractivity contribution is 7.92. The van der Waals surface area contributed by atoms with Crippen LogP contribution < -0.4 is 14.9 Å². The number of urea groups is 1. The third-order valence-electron chi connectivity index (χ3n) is 4.70. The molecular formula is C21H17ClFN3O3S. The minimum absolute atomic E-state index is 0.0925. The molecule has 0 saturated carbocycles. The van der Waals surface area contributed by atoms with Crippen LogP contribution >= 0.6 is 11.6 Å². The molecule has 0 aromatic heterocycles. The Morgan fingerprint density at radius 3 is 2.33 bits per heavy atom. The Morgan fingerprint density at radius 2 is 1.63 bits per heavy atom. The third kappa shape index (κ3) is 3.96. The van der Waals surface area contributed by atoms with Gasteiger partial charge in [0.1, 0.15) is 5.82 Å². The summed E-state index contributed by atoms with van der Waals surface area (Å²) in [5.41, 5.74) is 2.27. The number of carbonyl (C=O) groups is 1. The molecule has 0 atom stereocenters. The standard InChI is InChI=1S/C21H17ClFN3O3S/c22-18-13-16(6-8-19(18)23)25-21(27)24-15-7-9-20-14(12-15)10-11-26(20)30(28,29)17-4-2-1-3-5-17/h1-9,12-13H,10-11H2,(H2,24,25,27). The molecule has 2 N–H and O–H groups in total. The van der Waals surface area contributed by atoms with Crippen molar-refractivity contribution in [2.24, 2.45) is 0 Å². The number of amides is 2. The summed E-state index contributed by atoms with van der Waals surface area (Å²) in [6, 6.07) is 16.7. The minimum atomic E-state index is -3.65. The number of nitrogens with zero attached hydrogens (tertiary/aromatic N) is 1. The monoisotopic (exact) mass is 445 g/mol. The molecule has 3 aromatic carbocycles. The quantitative estimate of drug-likeness (QED) is 0.601. The van der Waals surface area contributed by atoms with Gasteiger partial charge in [0.05, 0.1) is 15.6 Å². The van der Waals surface area contributed by atoms with E-state index in [4.69, 9.17) is 11.6 Å². The van der Waals surface area contributed by atoms with Crippen molar-refractivity contribution in [3.8, 4) is 0 Å².